The van der Waals surface area contributed by atoms with Crippen molar-refractivity contribution in [3.05, 3.63) is 29.8 Å². The maximum atomic E-state index is 12.1. The van der Waals surface area contributed by atoms with Gasteiger partial charge in [-0.2, -0.15) is 0 Å². The number of sulfonamides is 1. The zero-order valence-electron chi connectivity index (χ0n) is 11.6. The van der Waals surface area contributed by atoms with Crippen molar-refractivity contribution in [2.75, 3.05) is 26.7 Å². The van der Waals surface area contributed by atoms with E-state index in [-0.39, 0.29) is 0 Å². The molecule has 2 rings (SSSR count). The SMILES string of the molecule is CCc1ccc(S(=O)(=O)NCC2CCN(C)C2)cc1. The molecule has 5 heteroatoms. The van der Waals surface area contributed by atoms with Crippen molar-refractivity contribution in [2.24, 2.45) is 5.92 Å². The summed E-state index contributed by atoms with van der Waals surface area (Å²) < 4.78 is 27.0. The Hall–Kier alpha value is -0.910. The van der Waals surface area contributed by atoms with Gasteiger partial charge in [0, 0.05) is 13.1 Å². The first-order valence-corrected chi connectivity index (χ1v) is 8.26. The summed E-state index contributed by atoms with van der Waals surface area (Å²) in [5.41, 5.74) is 1.15. The van der Waals surface area contributed by atoms with Crippen LogP contribution in [0.5, 0.6) is 0 Å². The number of rotatable bonds is 5. The van der Waals surface area contributed by atoms with Gasteiger partial charge in [0.15, 0.2) is 0 Å². The lowest BCUT2D eigenvalue weighted by atomic mass is 10.1. The first-order chi connectivity index (χ1) is 9.01. The Labute approximate surface area is 115 Å². The van der Waals surface area contributed by atoms with Crippen molar-refractivity contribution in [1.29, 1.82) is 0 Å². The smallest absolute Gasteiger partial charge is 0.240 e. The fraction of sp³-hybridized carbons (Fsp3) is 0.571. The van der Waals surface area contributed by atoms with Crippen LogP contribution in [0.1, 0.15) is 18.9 Å². The van der Waals surface area contributed by atoms with Crippen LogP contribution in [-0.2, 0) is 16.4 Å². The highest BCUT2D eigenvalue weighted by Crippen LogP contribution is 2.15. The van der Waals surface area contributed by atoms with E-state index < -0.39 is 10.0 Å². The van der Waals surface area contributed by atoms with E-state index in [1.807, 2.05) is 12.1 Å². The Morgan fingerprint density at radius 3 is 2.53 bits per heavy atom. The van der Waals surface area contributed by atoms with Crippen molar-refractivity contribution < 1.29 is 8.42 Å². The summed E-state index contributed by atoms with van der Waals surface area (Å²) >= 11 is 0. The van der Waals surface area contributed by atoms with Crippen LogP contribution in [0, 0.1) is 5.92 Å². The maximum absolute atomic E-state index is 12.1. The average molecular weight is 282 g/mol. The third-order valence-corrected chi connectivity index (χ3v) is 5.13. The molecule has 0 amide bonds. The van der Waals surface area contributed by atoms with Gasteiger partial charge in [-0.15, -0.1) is 0 Å². The second-order valence-electron chi connectivity index (χ2n) is 5.27. The van der Waals surface area contributed by atoms with Crippen LogP contribution in [0.15, 0.2) is 29.2 Å². The molecular weight excluding hydrogens is 260 g/mol. The molecule has 19 heavy (non-hydrogen) atoms. The predicted octanol–water partition coefficient (Wildman–Crippen LogP) is 1.48. The normalized spacial score (nSPS) is 20.8. The molecule has 1 aliphatic rings. The highest BCUT2D eigenvalue weighted by molar-refractivity contribution is 7.89. The Bertz CT molecular complexity index is 511. The van der Waals surface area contributed by atoms with Gasteiger partial charge < -0.3 is 4.90 Å². The van der Waals surface area contributed by atoms with E-state index in [4.69, 9.17) is 0 Å². The van der Waals surface area contributed by atoms with Crippen LogP contribution in [-0.4, -0.2) is 40.0 Å². The summed E-state index contributed by atoms with van der Waals surface area (Å²) in [7, 11) is -1.29. The highest BCUT2D eigenvalue weighted by atomic mass is 32.2. The van der Waals surface area contributed by atoms with Crippen LogP contribution >= 0.6 is 0 Å². The lowest BCUT2D eigenvalue weighted by Gasteiger charge is -2.12. The third-order valence-electron chi connectivity index (χ3n) is 3.69. The molecule has 0 spiro atoms. The van der Waals surface area contributed by atoms with Crippen molar-refractivity contribution in [3.8, 4) is 0 Å². The van der Waals surface area contributed by atoms with E-state index in [2.05, 4.69) is 23.6 Å². The molecule has 0 radical (unpaired) electrons. The lowest BCUT2D eigenvalue weighted by Crippen LogP contribution is -2.30. The summed E-state index contributed by atoms with van der Waals surface area (Å²) in [5.74, 6) is 0.426. The van der Waals surface area contributed by atoms with Gasteiger partial charge in [-0.25, -0.2) is 13.1 Å². The van der Waals surface area contributed by atoms with Crippen LogP contribution in [0.4, 0.5) is 0 Å². The van der Waals surface area contributed by atoms with Gasteiger partial charge >= 0.3 is 0 Å². The van der Waals surface area contributed by atoms with Gasteiger partial charge in [0.1, 0.15) is 0 Å². The van der Waals surface area contributed by atoms with E-state index in [0.717, 1.165) is 31.5 Å². The molecule has 1 heterocycles. The van der Waals surface area contributed by atoms with Crippen LogP contribution < -0.4 is 4.72 Å². The Morgan fingerprint density at radius 2 is 2.00 bits per heavy atom. The van der Waals surface area contributed by atoms with Gasteiger partial charge in [-0.3, -0.25) is 0 Å². The minimum absolute atomic E-state index is 0.357. The minimum atomic E-state index is -3.36. The molecule has 1 aromatic carbocycles. The summed E-state index contributed by atoms with van der Waals surface area (Å²) in [6.45, 7) is 4.61. The number of nitrogens with zero attached hydrogens (tertiary/aromatic N) is 1. The molecule has 0 aromatic heterocycles. The predicted molar refractivity (Wildman–Crippen MR) is 76.6 cm³/mol. The average Bonchev–Trinajstić information content (AvgIpc) is 2.82. The van der Waals surface area contributed by atoms with Crippen molar-refractivity contribution in [2.45, 2.75) is 24.7 Å². The molecule has 1 aromatic rings. The third kappa shape index (κ3) is 3.78. The fourth-order valence-electron chi connectivity index (χ4n) is 2.41. The van der Waals surface area contributed by atoms with Crippen molar-refractivity contribution in [1.82, 2.24) is 9.62 Å². The Morgan fingerprint density at radius 1 is 1.32 bits per heavy atom. The molecule has 0 aliphatic carbocycles. The maximum Gasteiger partial charge on any atom is 0.240 e. The number of nitrogens with one attached hydrogen (secondary N) is 1. The summed E-state index contributed by atoms with van der Waals surface area (Å²) in [6.07, 6.45) is 1.98. The Balaban J connectivity index is 1.97. The van der Waals surface area contributed by atoms with E-state index in [9.17, 15) is 8.42 Å². The molecule has 1 fully saturated rings. The lowest BCUT2D eigenvalue weighted by molar-refractivity contribution is 0.394. The monoisotopic (exact) mass is 282 g/mol. The highest BCUT2D eigenvalue weighted by Gasteiger charge is 2.22. The Kier molecular flexibility index (Phi) is 4.60. The number of hydrogen-bond donors (Lipinski definition) is 1. The van der Waals surface area contributed by atoms with Crippen LogP contribution in [0.3, 0.4) is 0 Å². The van der Waals surface area contributed by atoms with E-state index in [1.54, 1.807) is 12.1 Å². The van der Waals surface area contributed by atoms with Crippen LogP contribution in [0.2, 0.25) is 0 Å². The molecular formula is C14H22N2O2S. The molecule has 0 bridgehead atoms. The van der Waals surface area contributed by atoms with Crippen molar-refractivity contribution >= 4 is 10.0 Å². The number of hydrogen-bond acceptors (Lipinski definition) is 3. The van der Waals surface area contributed by atoms with E-state index in [0.29, 0.717) is 17.4 Å². The zero-order valence-corrected chi connectivity index (χ0v) is 12.4. The second kappa shape index (κ2) is 6.03. The van der Waals surface area contributed by atoms with E-state index in [1.165, 1.54) is 0 Å². The van der Waals surface area contributed by atoms with Gasteiger partial charge in [-0.1, -0.05) is 19.1 Å². The first kappa shape index (κ1) is 14.5. The summed E-state index contributed by atoms with van der Waals surface area (Å²) in [6, 6.07) is 7.11. The molecule has 1 saturated heterocycles. The summed E-state index contributed by atoms with van der Waals surface area (Å²) in [4.78, 5) is 2.59. The molecule has 1 atom stereocenters. The van der Waals surface area contributed by atoms with Gasteiger partial charge in [-0.05, 0) is 50.0 Å². The number of aryl methyl sites for hydroxylation is 1. The largest absolute Gasteiger partial charge is 0.306 e. The molecule has 1 aliphatic heterocycles. The number of likely N-dealkylation sites (tertiary alicyclic amines) is 1. The number of benzene rings is 1. The zero-order chi connectivity index (χ0) is 13.9. The summed E-state index contributed by atoms with van der Waals surface area (Å²) in [5, 5.41) is 0. The first-order valence-electron chi connectivity index (χ1n) is 6.78. The molecule has 106 valence electrons. The van der Waals surface area contributed by atoms with Gasteiger partial charge in [0.2, 0.25) is 10.0 Å². The van der Waals surface area contributed by atoms with Crippen LogP contribution in [0.25, 0.3) is 0 Å². The van der Waals surface area contributed by atoms with Gasteiger partial charge in [0.05, 0.1) is 4.90 Å². The second-order valence-corrected chi connectivity index (χ2v) is 7.03. The standard InChI is InChI=1S/C14H22N2O2S/c1-3-12-4-6-14(7-5-12)19(17,18)15-10-13-8-9-16(2)11-13/h4-7,13,15H,3,8-11H2,1-2H3. The molecule has 1 N–H and O–H groups in total. The molecule has 0 saturated carbocycles. The van der Waals surface area contributed by atoms with E-state index >= 15 is 0 Å². The topological polar surface area (TPSA) is 49.4 Å². The quantitative estimate of drug-likeness (QED) is 0.890. The van der Waals surface area contributed by atoms with Gasteiger partial charge in [0.25, 0.3) is 0 Å². The molecule has 4 nitrogen and oxygen atoms in total. The minimum Gasteiger partial charge on any atom is -0.306 e. The molecule has 1 unspecified atom stereocenters. The fourth-order valence-corrected chi connectivity index (χ4v) is 3.52. The van der Waals surface area contributed by atoms with Crippen molar-refractivity contribution in [3.63, 3.8) is 0 Å².